The number of carbonyl (C=O) groups is 3. The molecule has 1 fully saturated rings. The smallest absolute Gasteiger partial charge is 0.258 e. The summed E-state index contributed by atoms with van der Waals surface area (Å²) in [6.07, 6.45) is 1.30. The van der Waals surface area contributed by atoms with E-state index in [4.69, 9.17) is 9.47 Å². The Labute approximate surface area is 187 Å². The van der Waals surface area contributed by atoms with Crippen LogP contribution < -0.4 is 20.1 Å². The average Bonchev–Trinajstić information content (AvgIpc) is 2.83. The molecule has 0 unspecified atom stereocenters. The largest absolute Gasteiger partial charge is 0.490 e. The standard InChI is InChI=1S/C24H29N3O5/c1-2-31-20-10-6-7-11-21(20)32-17-22(28)26-19-12-14-27(15-13-19)23(29)16-25-24(30)18-8-4-3-5-9-18/h3-11,19H,2,12-17H2,1H3,(H,25,30)(H,26,28). The number of amides is 3. The fourth-order valence-corrected chi connectivity index (χ4v) is 3.49. The molecule has 8 heteroatoms. The molecule has 2 aromatic carbocycles. The highest BCUT2D eigenvalue weighted by Gasteiger charge is 2.24. The molecule has 3 rings (SSSR count). The summed E-state index contributed by atoms with van der Waals surface area (Å²) in [6.45, 7) is 3.31. The van der Waals surface area contributed by atoms with Crippen molar-refractivity contribution < 1.29 is 23.9 Å². The Balaban J connectivity index is 1.36. The predicted molar refractivity (Wildman–Crippen MR) is 120 cm³/mol. The van der Waals surface area contributed by atoms with Crippen molar-refractivity contribution in [2.75, 3.05) is 32.8 Å². The van der Waals surface area contributed by atoms with Gasteiger partial charge in [-0.1, -0.05) is 30.3 Å². The van der Waals surface area contributed by atoms with Crippen LogP contribution in [0.15, 0.2) is 54.6 Å². The van der Waals surface area contributed by atoms with E-state index in [0.29, 0.717) is 49.6 Å². The van der Waals surface area contributed by atoms with Crippen molar-refractivity contribution in [3.05, 3.63) is 60.2 Å². The van der Waals surface area contributed by atoms with Crippen molar-refractivity contribution in [1.82, 2.24) is 15.5 Å². The number of piperidine rings is 1. The lowest BCUT2D eigenvalue weighted by atomic mass is 10.0. The zero-order chi connectivity index (χ0) is 22.8. The minimum atomic E-state index is -0.271. The molecule has 0 saturated carbocycles. The first-order valence-corrected chi connectivity index (χ1v) is 10.8. The molecular weight excluding hydrogens is 410 g/mol. The minimum Gasteiger partial charge on any atom is -0.490 e. The Morgan fingerprint density at radius 3 is 2.22 bits per heavy atom. The maximum atomic E-state index is 12.4. The fourth-order valence-electron chi connectivity index (χ4n) is 3.49. The summed E-state index contributed by atoms with van der Waals surface area (Å²) in [4.78, 5) is 38.5. The topological polar surface area (TPSA) is 97.0 Å². The van der Waals surface area contributed by atoms with Crippen LogP contribution in [0.5, 0.6) is 11.5 Å². The Morgan fingerprint density at radius 1 is 0.938 bits per heavy atom. The third-order valence-electron chi connectivity index (χ3n) is 5.16. The van der Waals surface area contributed by atoms with E-state index < -0.39 is 0 Å². The van der Waals surface area contributed by atoms with Crippen molar-refractivity contribution in [2.45, 2.75) is 25.8 Å². The number of rotatable bonds is 9. The predicted octanol–water partition coefficient (Wildman–Crippen LogP) is 2.00. The van der Waals surface area contributed by atoms with Crippen LogP contribution in [0, 0.1) is 0 Å². The third kappa shape index (κ3) is 6.73. The van der Waals surface area contributed by atoms with Crippen molar-refractivity contribution in [1.29, 1.82) is 0 Å². The quantitative estimate of drug-likeness (QED) is 0.623. The second-order valence-corrected chi connectivity index (χ2v) is 7.44. The van der Waals surface area contributed by atoms with Gasteiger partial charge >= 0.3 is 0 Å². The number of para-hydroxylation sites is 2. The molecule has 0 atom stereocenters. The molecule has 0 aliphatic carbocycles. The van der Waals surface area contributed by atoms with Crippen LogP contribution in [0.3, 0.4) is 0 Å². The van der Waals surface area contributed by atoms with E-state index in [1.807, 2.05) is 25.1 Å². The van der Waals surface area contributed by atoms with E-state index in [9.17, 15) is 14.4 Å². The number of carbonyl (C=O) groups excluding carboxylic acids is 3. The van der Waals surface area contributed by atoms with Crippen molar-refractivity contribution in [3.8, 4) is 11.5 Å². The molecule has 1 aliphatic heterocycles. The molecule has 3 amide bonds. The van der Waals surface area contributed by atoms with Gasteiger partial charge in [0.25, 0.3) is 11.8 Å². The van der Waals surface area contributed by atoms with Gasteiger partial charge < -0.3 is 25.0 Å². The summed E-state index contributed by atoms with van der Waals surface area (Å²) in [7, 11) is 0. The second kappa shape index (κ2) is 11.7. The minimum absolute atomic E-state index is 0.0174. The highest BCUT2D eigenvalue weighted by Crippen LogP contribution is 2.26. The Hall–Kier alpha value is -3.55. The van der Waals surface area contributed by atoms with E-state index in [2.05, 4.69) is 10.6 Å². The maximum absolute atomic E-state index is 12.4. The van der Waals surface area contributed by atoms with Crippen LogP contribution in [-0.2, 0) is 9.59 Å². The van der Waals surface area contributed by atoms with Crippen LogP contribution in [0.4, 0.5) is 0 Å². The summed E-state index contributed by atoms with van der Waals surface area (Å²) < 4.78 is 11.1. The van der Waals surface area contributed by atoms with E-state index >= 15 is 0 Å². The van der Waals surface area contributed by atoms with Gasteiger partial charge in [0.1, 0.15) is 0 Å². The highest BCUT2D eigenvalue weighted by molar-refractivity contribution is 5.96. The summed E-state index contributed by atoms with van der Waals surface area (Å²) >= 11 is 0. The Morgan fingerprint density at radius 2 is 1.56 bits per heavy atom. The summed E-state index contributed by atoms with van der Waals surface area (Å²) in [5.74, 6) is 0.523. The lowest BCUT2D eigenvalue weighted by Crippen LogP contribution is -2.49. The first-order chi connectivity index (χ1) is 15.6. The molecule has 0 spiro atoms. The summed E-state index contributed by atoms with van der Waals surface area (Å²) in [5.41, 5.74) is 0.521. The van der Waals surface area contributed by atoms with Crippen LogP contribution in [0.1, 0.15) is 30.1 Å². The van der Waals surface area contributed by atoms with Gasteiger partial charge in [0.05, 0.1) is 13.2 Å². The average molecular weight is 440 g/mol. The van der Waals surface area contributed by atoms with Gasteiger partial charge in [-0.05, 0) is 44.0 Å². The molecule has 2 aromatic rings. The van der Waals surface area contributed by atoms with Crippen molar-refractivity contribution in [2.24, 2.45) is 0 Å². The molecule has 170 valence electrons. The molecule has 8 nitrogen and oxygen atoms in total. The molecule has 0 bridgehead atoms. The Kier molecular flexibility index (Phi) is 8.48. The maximum Gasteiger partial charge on any atom is 0.258 e. The van der Waals surface area contributed by atoms with Gasteiger partial charge in [0.15, 0.2) is 18.1 Å². The normalized spacial score (nSPS) is 13.8. The summed E-state index contributed by atoms with van der Waals surface area (Å²) in [6, 6.07) is 16.0. The van der Waals surface area contributed by atoms with E-state index in [1.165, 1.54) is 0 Å². The van der Waals surface area contributed by atoms with E-state index in [1.54, 1.807) is 41.3 Å². The molecule has 0 aromatic heterocycles. The van der Waals surface area contributed by atoms with Crippen molar-refractivity contribution >= 4 is 17.7 Å². The molecule has 2 N–H and O–H groups in total. The van der Waals surface area contributed by atoms with E-state index in [0.717, 1.165) is 0 Å². The van der Waals surface area contributed by atoms with Gasteiger partial charge in [0.2, 0.25) is 5.91 Å². The number of nitrogens with one attached hydrogen (secondary N) is 2. The van der Waals surface area contributed by atoms with Gasteiger partial charge in [0, 0.05) is 24.7 Å². The molecular formula is C24H29N3O5. The fraction of sp³-hybridized carbons (Fsp3) is 0.375. The SMILES string of the molecule is CCOc1ccccc1OCC(=O)NC1CCN(C(=O)CNC(=O)c2ccccc2)CC1. The van der Waals surface area contributed by atoms with Gasteiger partial charge in [-0.3, -0.25) is 14.4 Å². The first-order valence-electron chi connectivity index (χ1n) is 10.8. The number of hydrogen-bond acceptors (Lipinski definition) is 5. The molecule has 1 heterocycles. The van der Waals surface area contributed by atoms with Crippen LogP contribution in [-0.4, -0.2) is 61.5 Å². The van der Waals surface area contributed by atoms with Gasteiger partial charge in [-0.15, -0.1) is 0 Å². The lowest BCUT2D eigenvalue weighted by molar-refractivity contribution is -0.131. The number of ether oxygens (including phenoxy) is 2. The molecule has 0 radical (unpaired) electrons. The zero-order valence-corrected chi connectivity index (χ0v) is 18.2. The monoisotopic (exact) mass is 439 g/mol. The number of benzene rings is 2. The first kappa shape index (κ1) is 23.1. The Bertz CT molecular complexity index is 911. The van der Waals surface area contributed by atoms with Crippen LogP contribution >= 0.6 is 0 Å². The summed E-state index contributed by atoms with van der Waals surface area (Å²) in [5, 5.41) is 5.62. The van der Waals surface area contributed by atoms with Gasteiger partial charge in [-0.25, -0.2) is 0 Å². The number of hydrogen-bond donors (Lipinski definition) is 2. The van der Waals surface area contributed by atoms with Gasteiger partial charge in [-0.2, -0.15) is 0 Å². The molecule has 1 saturated heterocycles. The highest BCUT2D eigenvalue weighted by atomic mass is 16.5. The number of nitrogens with zero attached hydrogens (tertiary/aromatic N) is 1. The van der Waals surface area contributed by atoms with Crippen molar-refractivity contribution in [3.63, 3.8) is 0 Å². The lowest BCUT2D eigenvalue weighted by Gasteiger charge is -2.32. The van der Waals surface area contributed by atoms with Crippen LogP contribution in [0.2, 0.25) is 0 Å². The third-order valence-corrected chi connectivity index (χ3v) is 5.16. The zero-order valence-electron chi connectivity index (χ0n) is 18.2. The molecule has 32 heavy (non-hydrogen) atoms. The number of likely N-dealkylation sites (tertiary alicyclic amines) is 1. The van der Waals surface area contributed by atoms with E-state index in [-0.39, 0.29) is 36.9 Å². The molecule has 1 aliphatic rings. The second-order valence-electron chi connectivity index (χ2n) is 7.44. The van der Waals surface area contributed by atoms with Crippen LogP contribution in [0.25, 0.3) is 0 Å².